The van der Waals surface area contributed by atoms with Gasteiger partial charge in [0.2, 0.25) is 0 Å². The number of hydrogen-bond acceptors (Lipinski definition) is 0. The van der Waals surface area contributed by atoms with Crippen LogP contribution >= 0.6 is 0 Å². The zero-order chi connectivity index (χ0) is 0. The molecule has 0 heterocycles. The topological polar surface area (TPSA) is 114 Å². The van der Waals surface area contributed by atoms with Crippen LogP contribution in [0.3, 0.4) is 0 Å². The van der Waals surface area contributed by atoms with Crippen LogP contribution in [0.2, 0.25) is 0 Å². The predicted octanol–water partition coefficient (Wildman–Crippen LogP) is -0.478. The fourth-order valence-corrected chi connectivity index (χ4v) is 0. The molecule has 0 fully saturated rings. The van der Waals surface area contributed by atoms with Crippen LogP contribution in [0.25, 0.3) is 0 Å². The van der Waals surface area contributed by atoms with Crippen molar-refractivity contribution >= 4 is 0 Å². The third-order valence-electron chi connectivity index (χ3n) is 0. The average molecular weight is 252 g/mol. The van der Waals surface area contributed by atoms with Gasteiger partial charge in [0.25, 0.3) is 0 Å². The maximum Gasteiger partial charge on any atom is 4.00 e. The van der Waals surface area contributed by atoms with Gasteiger partial charge in [0.15, 0.2) is 0 Å². The number of hydrogen-bond donors (Lipinski definition) is 0. The molecule has 0 atom stereocenters. The molecule has 0 bridgehead atoms. The largest absolute Gasteiger partial charge is 4.00 e. The minimum atomic E-state index is 0. The first-order valence-electron chi connectivity index (χ1n) is 0. The summed E-state index contributed by atoms with van der Waals surface area (Å²) in [5, 5.41) is 0. The van der Waals surface area contributed by atoms with E-state index in [-0.39, 0.29) is 85.4 Å². The molecular formula is CeO4Ti. The van der Waals surface area contributed by atoms with Crippen LogP contribution in [0.5, 0.6) is 0 Å². The molecule has 0 amide bonds. The molecule has 6 heavy (non-hydrogen) atoms. The summed E-state index contributed by atoms with van der Waals surface area (Å²) in [4.78, 5) is 0. The molecule has 32 valence electrons. The Labute approximate surface area is 84.2 Å². The average Bonchev–Trinajstić information content (AvgIpc) is 0. The fraction of sp³-hybridized carbons (Fsp3) is 0. The van der Waals surface area contributed by atoms with Crippen molar-refractivity contribution in [2.24, 2.45) is 0 Å². The second kappa shape index (κ2) is 65.4. The van der Waals surface area contributed by atoms with Crippen LogP contribution < -0.4 is 0 Å². The zero-order valence-corrected chi connectivity index (χ0v) is 7.33. The van der Waals surface area contributed by atoms with Crippen molar-refractivity contribution in [1.82, 2.24) is 0 Å². The first-order chi connectivity index (χ1) is 0. The summed E-state index contributed by atoms with van der Waals surface area (Å²) in [6.45, 7) is 0. The first-order valence-corrected chi connectivity index (χ1v) is 0. The van der Waals surface area contributed by atoms with Crippen molar-refractivity contribution in [3.8, 4) is 0 Å². The molecule has 0 unspecified atom stereocenters. The molecule has 4 nitrogen and oxygen atoms in total. The van der Waals surface area contributed by atoms with E-state index in [1.165, 1.54) is 0 Å². The van der Waals surface area contributed by atoms with Crippen molar-refractivity contribution < 1.29 is 85.4 Å². The summed E-state index contributed by atoms with van der Waals surface area (Å²) in [6, 6.07) is 0. The standard InChI is InChI=1S/Ce.4O.Ti/q+4;4*-2;+4. The van der Waals surface area contributed by atoms with Gasteiger partial charge in [-0.25, -0.2) is 0 Å². The molecule has 0 aromatic rings. The molecule has 0 aliphatic rings. The van der Waals surface area contributed by atoms with Crippen molar-refractivity contribution in [2.45, 2.75) is 0 Å². The van der Waals surface area contributed by atoms with Crippen LogP contribution in [-0.2, 0) is 43.6 Å². The molecule has 0 aromatic heterocycles. The zero-order valence-electron chi connectivity index (χ0n) is 2.63. The Morgan fingerprint density at radius 2 is 0.500 bits per heavy atom. The summed E-state index contributed by atoms with van der Waals surface area (Å²) in [5.41, 5.74) is 0. The minimum absolute atomic E-state index is 0. The number of rotatable bonds is 0. The molecule has 0 aromatic carbocycles. The van der Waals surface area contributed by atoms with E-state index in [0.29, 0.717) is 0 Å². The molecule has 6 heteroatoms. The van der Waals surface area contributed by atoms with E-state index in [0.717, 1.165) is 0 Å². The van der Waals surface area contributed by atoms with E-state index in [4.69, 9.17) is 0 Å². The van der Waals surface area contributed by atoms with Gasteiger partial charge in [-0.05, 0) is 0 Å². The Hall–Kier alpha value is 1.93. The Bertz CT molecular complexity index is 7.51. The Kier molecular flexibility index (Phi) is 1110. The molecule has 0 rings (SSSR count). The minimum Gasteiger partial charge on any atom is -2.00 e. The smallest absolute Gasteiger partial charge is 2.00 e. The van der Waals surface area contributed by atoms with Crippen LogP contribution in [0, 0.1) is 41.7 Å². The van der Waals surface area contributed by atoms with Crippen LogP contribution in [0.4, 0.5) is 0 Å². The molecule has 0 spiro atoms. The molecular weight excluding hydrogens is 252 g/mol. The molecule has 0 aliphatic heterocycles. The predicted molar refractivity (Wildman–Crippen MR) is 2.75 cm³/mol. The Morgan fingerprint density at radius 3 is 0.500 bits per heavy atom. The van der Waals surface area contributed by atoms with Crippen molar-refractivity contribution in [1.29, 1.82) is 0 Å². The van der Waals surface area contributed by atoms with Crippen molar-refractivity contribution in [2.75, 3.05) is 0 Å². The van der Waals surface area contributed by atoms with Crippen molar-refractivity contribution in [3.63, 3.8) is 0 Å². The van der Waals surface area contributed by atoms with Gasteiger partial charge in [-0.1, -0.05) is 0 Å². The van der Waals surface area contributed by atoms with E-state index >= 15 is 0 Å². The van der Waals surface area contributed by atoms with E-state index in [9.17, 15) is 0 Å². The summed E-state index contributed by atoms with van der Waals surface area (Å²) in [7, 11) is 0. The fourth-order valence-electron chi connectivity index (χ4n) is 0. The third kappa shape index (κ3) is 38.7. The summed E-state index contributed by atoms with van der Waals surface area (Å²) >= 11 is 0. The van der Waals surface area contributed by atoms with E-state index in [1.807, 2.05) is 0 Å². The SMILES string of the molecule is [Ce+4].[O-2].[O-2].[O-2].[O-2].[Ti+4]. The summed E-state index contributed by atoms with van der Waals surface area (Å²) in [6.07, 6.45) is 0. The van der Waals surface area contributed by atoms with Crippen molar-refractivity contribution in [3.05, 3.63) is 0 Å². The maximum atomic E-state index is 0. The Morgan fingerprint density at radius 1 is 0.500 bits per heavy atom. The van der Waals surface area contributed by atoms with Gasteiger partial charge in [-0.2, -0.15) is 0 Å². The van der Waals surface area contributed by atoms with Gasteiger partial charge in [0, 0.05) is 0 Å². The van der Waals surface area contributed by atoms with Gasteiger partial charge in [-0.3, -0.25) is 0 Å². The van der Waals surface area contributed by atoms with Crippen LogP contribution in [0.15, 0.2) is 0 Å². The van der Waals surface area contributed by atoms with E-state index in [1.54, 1.807) is 0 Å². The van der Waals surface area contributed by atoms with Crippen LogP contribution in [-0.4, -0.2) is 0 Å². The van der Waals surface area contributed by atoms with E-state index in [2.05, 4.69) is 0 Å². The van der Waals surface area contributed by atoms with Crippen LogP contribution in [0.1, 0.15) is 0 Å². The summed E-state index contributed by atoms with van der Waals surface area (Å²) in [5.74, 6) is 0. The third-order valence-corrected chi connectivity index (χ3v) is 0. The maximum absolute atomic E-state index is 0. The Balaban J connectivity index is 0. The van der Waals surface area contributed by atoms with Gasteiger partial charge in [0.1, 0.15) is 0 Å². The molecule has 0 N–H and O–H groups in total. The molecule has 0 saturated heterocycles. The second-order valence-electron chi connectivity index (χ2n) is 0. The quantitative estimate of drug-likeness (QED) is 0.518. The normalized spacial score (nSPS) is 0. The molecule has 0 radical (unpaired) electrons. The first kappa shape index (κ1) is 102. The summed E-state index contributed by atoms with van der Waals surface area (Å²) < 4.78 is 0. The molecule has 0 saturated carbocycles. The van der Waals surface area contributed by atoms with Gasteiger partial charge in [0.05, 0.1) is 0 Å². The monoisotopic (exact) mass is 252 g/mol. The van der Waals surface area contributed by atoms with E-state index < -0.39 is 0 Å². The van der Waals surface area contributed by atoms with Gasteiger partial charge >= 0.3 is 63.5 Å². The van der Waals surface area contributed by atoms with Gasteiger partial charge in [-0.15, -0.1) is 0 Å². The second-order valence-corrected chi connectivity index (χ2v) is 0. The van der Waals surface area contributed by atoms with Gasteiger partial charge < -0.3 is 21.9 Å². The molecule has 0 aliphatic carbocycles.